The third-order valence-corrected chi connectivity index (χ3v) is 2.80. The molecule has 0 saturated heterocycles. The summed E-state index contributed by atoms with van der Waals surface area (Å²) in [6.45, 7) is 4.06. The average molecular weight is 319 g/mol. The summed E-state index contributed by atoms with van der Waals surface area (Å²) < 4.78 is 5.33. The topological polar surface area (TPSA) is 76.1 Å². The fourth-order valence-electron chi connectivity index (χ4n) is 1.53. The van der Waals surface area contributed by atoms with E-state index in [4.69, 9.17) is 16.3 Å². The predicted octanol–water partition coefficient (Wildman–Crippen LogP) is 2.75. The molecule has 0 bridgehead atoms. The molecule has 0 aliphatic rings. The first-order valence-electron chi connectivity index (χ1n) is 6.54. The van der Waals surface area contributed by atoms with Gasteiger partial charge in [0.05, 0.1) is 0 Å². The number of carbonyl (C=O) groups excluding carboxylic acids is 1. The number of carbonyl (C=O) groups is 1. The van der Waals surface area contributed by atoms with Crippen molar-refractivity contribution in [3.8, 4) is 5.75 Å². The number of nitrogens with zero attached hydrogens (tertiary/aromatic N) is 2. The molecule has 1 amide bonds. The molecule has 0 aliphatic heterocycles. The highest BCUT2D eigenvalue weighted by molar-refractivity contribution is 6.30. The summed E-state index contributed by atoms with van der Waals surface area (Å²) >= 11 is 5.77. The Morgan fingerprint density at radius 1 is 1.18 bits per heavy atom. The molecule has 0 spiro atoms. The van der Waals surface area contributed by atoms with E-state index in [1.54, 1.807) is 42.5 Å². The number of benzene rings is 1. The van der Waals surface area contributed by atoms with Crippen molar-refractivity contribution in [2.24, 2.45) is 0 Å². The van der Waals surface area contributed by atoms with Gasteiger partial charge in [0, 0.05) is 11.6 Å². The maximum atomic E-state index is 11.8. The Morgan fingerprint density at radius 3 is 2.50 bits per heavy atom. The first kappa shape index (κ1) is 15.8. The highest BCUT2D eigenvalue weighted by Gasteiger charge is 2.05. The van der Waals surface area contributed by atoms with Gasteiger partial charge in [-0.3, -0.25) is 4.79 Å². The average Bonchev–Trinajstić information content (AvgIpc) is 2.54. The SMILES string of the molecule is C=CCNc1ccc(NC(=O)COc2ccc(Cl)cc2)nn1. The summed E-state index contributed by atoms with van der Waals surface area (Å²) in [6.07, 6.45) is 1.71. The lowest BCUT2D eigenvalue weighted by Gasteiger charge is -2.07. The predicted molar refractivity (Wildman–Crippen MR) is 86.3 cm³/mol. The Kier molecular flexibility index (Phi) is 5.73. The van der Waals surface area contributed by atoms with E-state index >= 15 is 0 Å². The van der Waals surface area contributed by atoms with Gasteiger partial charge in [-0.1, -0.05) is 17.7 Å². The van der Waals surface area contributed by atoms with Gasteiger partial charge in [-0.25, -0.2) is 0 Å². The maximum absolute atomic E-state index is 11.8. The van der Waals surface area contributed by atoms with Gasteiger partial charge in [-0.2, -0.15) is 0 Å². The highest BCUT2D eigenvalue weighted by Crippen LogP contribution is 2.15. The Balaban J connectivity index is 1.81. The summed E-state index contributed by atoms with van der Waals surface area (Å²) in [7, 11) is 0. The van der Waals surface area contributed by atoms with Crippen LogP contribution in [-0.4, -0.2) is 29.3 Å². The van der Waals surface area contributed by atoms with E-state index in [0.717, 1.165) is 0 Å². The lowest BCUT2D eigenvalue weighted by Crippen LogP contribution is -2.21. The summed E-state index contributed by atoms with van der Waals surface area (Å²) in [5.41, 5.74) is 0. The number of hydrogen-bond acceptors (Lipinski definition) is 5. The fraction of sp³-hybridized carbons (Fsp3) is 0.133. The number of ether oxygens (including phenoxy) is 1. The van der Waals surface area contributed by atoms with E-state index in [0.29, 0.717) is 29.0 Å². The summed E-state index contributed by atoms with van der Waals surface area (Å²) in [6, 6.07) is 10.1. The summed E-state index contributed by atoms with van der Waals surface area (Å²) in [4.78, 5) is 11.8. The van der Waals surface area contributed by atoms with E-state index in [9.17, 15) is 4.79 Å². The van der Waals surface area contributed by atoms with Crippen molar-refractivity contribution in [3.63, 3.8) is 0 Å². The van der Waals surface area contributed by atoms with E-state index in [1.165, 1.54) is 0 Å². The minimum absolute atomic E-state index is 0.125. The molecule has 22 heavy (non-hydrogen) atoms. The van der Waals surface area contributed by atoms with Crippen molar-refractivity contribution in [1.82, 2.24) is 10.2 Å². The number of halogens is 1. The van der Waals surface area contributed by atoms with Crippen molar-refractivity contribution in [1.29, 1.82) is 0 Å². The van der Waals surface area contributed by atoms with Crippen LogP contribution in [0.5, 0.6) is 5.75 Å². The number of amides is 1. The van der Waals surface area contributed by atoms with Crippen molar-refractivity contribution in [2.75, 3.05) is 23.8 Å². The van der Waals surface area contributed by atoms with Gasteiger partial charge in [0.1, 0.15) is 11.6 Å². The van der Waals surface area contributed by atoms with Gasteiger partial charge in [0.2, 0.25) is 0 Å². The number of aromatic nitrogens is 2. The normalized spacial score (nSPS) is 9.86. The van der Waals surface area contributed by atoms with Gasteiger partial charge >= 0.3 is 0 Å². The molecular formula is C15H15ClN4O2. The van der Waals surface area contributed by atoms with E-state index in [-0.39, 0.29) is 12.5 Å². The third kappa shape index (κ3) is 5.06. The van der Waals surface area contributed by atoms with E-state index in [1.807, 2.05) is 0 Å². The molecule has 1 aromatic heterocycles. The van der Waals surface area contributed by atoms with Crippen LogP contribution in [0.1, 0.15) is 0 Å². The van der Waals surface area contributed by atoms with Crippen molar-refractivity contribution in [3.05, 3.63) is 54.1 Å². The number of nitrogens with one attached hydrogen (secondary N) is 2. The molecule has 1 heterocycles. The lowest BCUT2D eigenvalue weighted by atomic mass is 10.3. The zero-order valence-corrected chi connectivity index (χ0v) is 12.5. The van der Waals surface area contributed by atoms with Crippen LogP contribution < -0.4 is 15.4 Å². The van der Waals surface area contributed by atoms with Gasteiger partial charge in [-0.15, -0.1) is 16.8 Å². The van der Waals surface area contributed by atoms with Crippen LogP contribution in [0, 0.1) is 0 Å². The molecule has 0 fully saturated rings. The zero-order valence-electron chi connectivity index (χ0n) is 11.8. The molecule has 0 unspecified atom stereocenters. The van der Waals surface area contributed by atoms with E-state index < -0.39 is 0 Å². The molecule has 0 atom stereocenters. The summed E-state index contributed by atoms with van der Waals surface area (Å²) in [5, 5.41) is 14.0. The Labute approximate surface area is 133 Å². The minimum Gasteiger partial charge on any atom is -0.484 e. The van der Waals surface area contributed by atoms with Gasteiger partial charge in [-0.05, 0) is 36.4 Å². The third-order valence-electron chi connectivity index (χ3n) is 2.54. The van der Waals surface area contributed by atoms with E-state index in [2.05, 4.69) is 27.4 Å². The molecule has 2 N–H and O–H groups in total. The molecule has 7 heteroatoms. The quantitative estimate of drug-likeness (QED) is 0.768. The Hall–Kier alpha value is -2.60. The minimum atomic E-state index is -0.323. The smallest absolute Gasteiger partial charge is 0.263 e. The lowest BCUT2D eigenvalue weighted by molar-refractivity contribution is -0.118. The monoisotopic (exact) mass is 318 g/mol. The fourth-order valence-corrected chi connectivity index (χ4v) is 1.65. The molecule has 0 saturated carbocycles. The van der Waals surface area contributed by atoms with Crippen LogP contribution in [-0.2, 0) is 4.79 Å². The number of hydrogen-bond donors (Lipinski definition) is 2. The van der Waals surface area contributed by atoms with Crippen molar-refractivity contribution < 1.29 is 9.53 Å². The zero-order chi connectivity index (χ0) is 15.8. The van der Waals surface area contributed by atoms with Crippen molar-refractivity contribution >= 4 is 29.1 Å². The highest BCUT2D eigenvalue weighted by atomic mass is 35.5. The van der Waals surface area contributed by atoms with Crippen LogP contribution in [0.3, 0.4) is 0 Å². The number of anilines is 2. The molecule has 0 aliphatic carbocycles. The molecule has 2 rings (SSSR count). The maximum Gasteiger partial charge on any atom is 0.263 e. The standard InChI is InChI=1S/C15H15ClN4O2/c1-2-9-17-13-7-8-14(20-19-13)18-15(21)10-22-12-5-3-11(16)4-6-12/h2-8H,1,9-10H2,(H,17,19)(H,18,20,21). The molecular weight excluding hydrogens is 304 g/mol. The first-order valence-corrected chi connectivity index (χ1v) is 6.92. The second-order valence-corrected chi connectivity index (χ2v) is 4.70. The molecule has 1 aromatic carbocycles. The number of rotatable bonds is 7. The van der Waals surface area contributed by atoms with Crippen LogP contribution in [0.2, 0.25) is 5.02 Å². The Bertz CT molecular complexity index is 629. The van der Waals surface area contributed by atoms with Crippen molar-refractivity contribution in [2.45, 2.75) is 0 Å². The van der Waals surface area contributed by atoms with Crippen LogP contribution >= 0.6 is 11.6 Å². The molecule has 114 valence electrons. The first-order chi connectivity index (χ1) is 10.7. The van der Waals surface area contributed by atoms with Gasteiger partial charge in [0.25, 0.3) is 5.91 Å². The molecule has 2 aromatic rings. The Morgan fingerprint density at radius 2 is 1.86 bits per heavy atom. The second-order valence-electron chi connectivity index (χ2n) is 4.26. The molecule has 6 nitrogen and oxygen atoms in total. The van der Waals surface area contributed by atoms with Crippen LogP contribution in [0.25, 0.3) is 0 Å². The largest absolute Gasteiger partial charge is 0.484 e. The summed E-state index contributed by atoms with van der Waals surface area (Å²) in [5.74, 6) is 1.20. The van der Waals surface area contributed by atoms with Gasteiger partial charge in [0.15, 0.2) is 12.4 Å². The van der Waals surface area contributed by atoms with Gasteiger partial charge < -0.3 is 15.4 Å². The van der Waals surface area contributed by atoms with Crippen LogP contribution in [0.4, 0.5) is 11.6 Å². The second kappa shape index (κ2) is 7.99. The van der Waals surface area contributed by atoms with Crippen LogP contribution in [0.15, 0.2) is 49.1 Å². The molecule has 0 radical (unpaired) electrons.